The van der Waals surface area contributed by atoms with Crippen LogP contribution in [0.5, 0.6) is 0 Å². The summed E-state index contributed by atoms with van der Waals surface area (Å²) in [5.74, 6) is 1.76. The van der Waals surface area contributed by atoms with Gasteiger partial charge in [0.15, 0.2) is 0 Å². The van der Waals surface area contributed by atoms with Gasteiger partial charge in [0.25, 0.3) is 0 Å². The Morgan fingerprint density at radius 2 is 0.667 bits per heavy atom. The van der Waals surface area contributed by atoms with Gasteiger partial charge in [-0.1, -0.05) is 54.6 Å². The van der Waals surface area contributed by atoms with Gasteiger partial charge in [-0.25, -0.2) is 15.0 Å². The Labute approximate surface area is 280 Å². The third kappa shape index (κ3) is 11.4. The van der Waals surface area contributed by atoms with Crippen molar-refractivity contribution < 1.29 is 15.3 Å². The molecule has 9 heteroatoms. The highest BCUT2D eigenvalue weighted by atomic mass is 32.2. The van der Waals surface area contributed by atoms with Crippen LogP contribution in [0.25, 0.3) is 0 Å². The van der Waals surface area contributed by atoms with E-state index in [9.17, 15) is 15.3 Å². The Balaban J connectivity index is 1.71. The lowest BCUT2D eigenvalue weighted by Gasteiger charge is -2.30. The maximum Gasteiger partial charge on any atom is 0.133 e. The zero-order valence-corrected chi connectivity index (χ0v) is 29.4. The lowest BCUT2D eigenvalue weighted by Crippen LogP contribution is -2.38. The molecule has 1 heterocycles. The minimum Gasteiger partial charge on any atom is -0.389 e. The molecule has 6 nitrogen and oxygen atoms in total. The summed E-state index contributed by atoms with van der Waals surface area (Å²) in [6.07, 6.45) is 1.26. The minimum absolute atomic E-state index is 0.226. The molecule has 0 bridgehead atoms. The van der Waals surface area contributed by atoms with E-state index in [0.717, 1.165) is 14.7 Å². The molecule has 3 aromatic carbocycles. The molecule has 240 valence electrons. The molecule has 0 fully saturated rings. The molecule has 0 saturated heterocycles. The molecular weight excluding hydrogens is 619 g/mol. The first-order chi connectivity index (χ1) is 21.2. The number of nitrogens with zero attached hydrogens (tertiary/aromatic N) is 3. The summed E-state index contributed by atoms with van der Waals surface area (Å²) in [6.45, 7) is 10.9. The van der Waals surface area contributed by atoms with Crippen molar-refractivity contribution in [1.82, 2.24) is 15.0 Å². The lowest BCUT2D eigenvalue weighted by molar-refractivity contribution is 0.0765. The summed E-state index contributed by atoms with van der Waals surface area (Å²) in [6, 6.07) is 30.1. The number of thioether (sulfide) groups is 3. The van der Waals surface area contributed by atoms with Crippen LogP contribution in [0.3, 0.4) is 0 Å². The topological polar surface area (TPSA) is 99.4 Å². The van der Waals surface area contributed by atoms with Gasteiger partial charge in [-0.15, -0.1) is 35.3 Å². The molecule has 0 aliphatic heterocycles. The van der Waals surface area contributed by atoms with E-state index in [1.165, 1.54) is 0 Å². The van der Waals surface area contributed by atoms with Crippen molar-refractivity contribution in [3.8, 4) is 0 Å². The normalized spacial score (nSPS) is 14.6. The number of aromatic nitrogens is 3. The van der Waals surface area contributed by atoms with Crippen LogP contribution in [-0.2, 0) is 19.3 Å². The third-order valence-corrected chi connectivity index (χ3v) is 12.0. The van der Waals surface area contributed by atoms with Crippen LogP contribution in [0.15, 0.2) is 106 Å². The molecule has 3 atom stereocenters. The first-order valence-electron chi connectivity index (χ1n) is 15.2. The molecule has 1 aromatic heterocycles. The first-order valence-corrected chi connectivity index (χ1v) is 17.9. The van der Waals surface area contributed by atoms with Crippen LogP contribution in [-0.4, -0.2) is 62.8 Å². The highest BCUT2D eigenvalue weighted by molar-refractivity contribution is 8.00. The van der Waals surface area contributed by atoms with E-state index in [0.29, 0.717) is 36.7 Å². The van der Waals surface area contributed by atoms with Gasteiger partial charge in [0, 0.05) is 49.7 Å². The number of benzene rings is 3. The van der Waals surface area contributed by atoms with Gasteiger partial charge < -0.3 is 15.3 Å². The van der Waals surface area contributed by atoms with Crippen LogP contribution in [0.4, 0.5) is 0 Å². The number of rotatable bonds is 15. The maximum absolute atomic E-state index is 11.2. The van der Waals surface area contributed by atoms with Gasteiger partial charge in [-0.05, 0) is 77.9 Å². The van der Waals surface area contributed by atoms with Crippen molar-refractivity contribution in [1.29, 1.82) is 0 Å². The van der Waals surface area contributed by atoms with Crippen molar-refractivity contribution in [2.24, 2.45) is 0 Å². The maximum atomic E-state index is 11.2. The molecule has 0 amide bonds. The van der Waals surface area contributed by atoms with Crippen LogP contribution in [0, 0.1) is 0 Å². The van der Waals surface area contributed by atoms with E-state index in [4.69, 9.17) is 15.0 Å². The predicted octanol–water partition coefficient (Wildman–Crippen LogP) is 7.29. The molecule has 4 aromatic rings. The Morgan fingerprint density at radius 3 is 0.867 bits per heavy atom. The smallest absolute Gasteiger partial charge is 0.133 e. The van der Waals surface area contributed by atoms with Gasteiger partial charge in [0.2, 0.25) is 0 Å². The summed E-state index contributed by atoms with van der Waals surface area (Å²) < 4.78 is 0. The van der Waals surface area contributed by atoms with Gasteiger partial charge in [0.05, 0.1) is 16.8 Å². The Hall–Kier alpha value is -2.40. The Kier molecular flexibility index (Phi) is 12.2. The second-order valence-corrected chi connectivity index (χ2v) is 16.7. The van der Waals surface area contributed by atoms with E-state index >= 15 is 0 Å². The second kappa shape index (κ2) is 15.5. The van der Waals surface area contributed by atoms with Crippen molar-refractivity contribution >= 4 is 35.3 Å². The summed E-state index contributed by atoms with van der Waals surface area (Å²) in [5, 5.41) is 32.9. The highest BCUT2D eigenvalue weighted by Gasteiger charge is 2.33. The van der Waals surface area contributed by atoms with E-state index in [-0.39, 0.29) is 15.7 Å². The molecule has 45 heavy (non-hydrogen) atoms. The van der Waals surface area contributed by atoms with Gasteiger partial charge >= 0.3 is 0 Å². The molecule has 0 aliphatic carbocycles. The fraction of sp³-hybridized carbons (Fsp3) is 0.417. The average Bonchev–Trinajstić information content (AvgIpc) is 2.96. The molecule has 3 N–H and O–H groups in total. The quantitative estimate of drug-likeness (QED) is 0.113. The first kappa shape index (κ1) is 35.5. The second-order valence-electron chi connectivity index (χ2n) is 12.9. The predicted molar refractivity (Wildman–Crippen MR) is 188 cm³/mol. The van der Waals surface area contributed by atoms with E-state index < -0.39 is 16.8 Å². The zero-order chi connectivity index (χ0) is 32.7. The summed E-state index contributed by atoms with van der Waals surface area (Å²) in [7, 11) is 0. The van der Waals surface area contributed by atoms with E-state index in [2.05, 4.69) is 0 Å². The number of aliphatic hydroxyl groups is 3. The molecule has 0 radical (unpaired) electrons. The van der Waals surface area contributed by atoms with Crippen molar-refractivity contribution in [2.75, 3.05) is 0 Å². The summed E-state index contributed by atoms with van der Waals surface area (Å²) in [5.41, 5.74) is -3.03. The number of hydrogen-bond acceptors (Lipinski definition) is 9. The molecule has 0 saturated carbocycles. The SMILES string of the molecule is CC(C)(O)[C@H](Cc1nc(C[C@@H](Sc2ccccc2)C(C)(C)O)nc(C[C@@H](Sc2ccccc2)C(C)(C)O)n1)Sc1ccccc1. The van der Waals surface area contributed by atoms with Crippen LogP contribution < -0.4 is 0 Å². The fourth-order valence-electron chi connectivity index (χ4n) is 4.59. The highest BCUT2D eigenvalue weighted by Crippen LogP contribution is 2.35. The average molecular weight is 664 g/mol. The largest absolute Gasteiger partial charge is 0.389 e. The fourth-order valence-corrected chi connectivity index (χ4v) is 8.08. The van der Waals surface area contributed by atoms with Gasteiger partial charge in [0.1, 0.15) is 17.5 Å². The lowest BCUT2D eigenvalue weighted by atomic mass is 10.0. The summed E-state index contributed by atoms with van der Waals surface area (Å²) in [4.78, 5) is 18.0. The van der Waals surface area contributed by atoms with Crippen molar-refractivity contribution in [2.45, 2.75) is 108 Å². The van der Waals surface area contributed by atoms with E-state index in [1.807, 2.05) is 133 Å². The molecular formula is C36H45N3O3S3. The molecule has 0 aliphatic rings. The van der Waals surface area contributed by atoms with Crippen LogP contribution in [0.2, 0.25) is 0 Å². The number of hydrogen-bond donors (Lipinski definition) is 3. The monoisotopic (exact) mass is 663 g/mol. The van der Waals surface area contributed by atoms with E-state index in [1.54, 1.807) is 35.3 Å². The van der Waals surface area contributed by atoms with Crippen molar-refractivity contribution in [3.63, 3.8) is 0 Å². The Bertz CT molecular complexity index is 1280. The zero-order valence-electron chi connectivity index (χ0n) is 26.9. The van der Waals surface area contributed by atoms with Crippen LogP contribution >= 0.6 is 35.3 Å². The Morgan fingerprint density at radius 1 is 0.444 bits per heavy atom. The molecule has 0 unspecified atom stereocenters. The minimum atomic E-state index is -1.01. The molecule has 0 spiro atoms. The molecule has 4 rings (SSSR count). The van der Waals surface area contributed by atoms with Gasteiger partial charge in [-0.3, -0.25) is 0 Å². The van der Waals surface area contributed by atoms with Crippen LogP contribution in [0.1, 0.15) is 59.0 Å². The van der Waals surface area contributed by atoms with Crippen molar-refractivity contribution in [3.05, 3.63) is 108 Å². The third-order valence-electron chi connectivity index (χ3n) is 7.31. The van der Waals surface area contributed by atoms with Gasteiger partial charge in [-0.2, -0.15) is 0 Å². The standard InChI is InChI=1S/C36H45N3O3S3/c1-34(2,40)28(43-25-16-10-7-11-17-25)22-31-37-32(23-29(35(3,4)41)44-26-18-12-8-13-19-26)39-33(38-31)24-30(36(5,6)42)45-27-20-14-9-15-21-27/h7-21,28-30,40-42H,22-24H2,1-6H3/t28-,29-,30+/m1/s1. The summed E-state index contributed by atoms with van der Waals surface area (Å²) >= 11 is 4.81.